The van der Waals surface area contributed by atoms with Crippen molar-refractivity contribution in [2.75, 3.05) is 0 Å². The highest BCUT2D eigenvalue weighted by atomic mass is 19.1. The van der Waals surface area contributed by atoms with Crippen molar-refractivity contribution >= 4 is 0 Å². The Morgan fingerprint density at radius 3 is 2.60 bits per heavy atom. The van der Waals surface area contributed by atoms with Crippen molar-refractivity contribution in [3.8, 4) is 5.75 Å². The predicted molar refractivity (Wildman–Crippen MR) is 56.5 cm³/mol. The van der Waals surface area contributed by atoms with E-state index in [1.54, 1.807) is 0 Å². The van der Waals surface area contributed by atoms with Crippen LogP contribution in [-0.4, -0.2) is 11.1 Å². The lowest BCUT2D eigenvalue weighted by atomic mass is 9.87. The van der Waals surface area contributed by atoms with Crippen molar-refractivity contribution in [2.45, 2.75) is 45.1 Å². The molecule has 3 heteroatoms. The van der Waals surface area contributed by atoms with Crippen LogP contribution in [0.15, 0.2) is 12.3 Å². The molecule has 0 aromatic carbocycles. The molecule has 0 atom stereocenters. The summed E-state index contributed by atoms with van der Waals surface area (Å²) >= 11 is 0. The SMILES string of the molecule is CC(C)(C)c1ccnc(F)c1OC1CC1. The van der Waals surface area contributed by atoms with Gasteiger partial charge >= 0.3 is 0 Å². The summed E-state index contributed by atoms with van der Waals surface area (Å²) in [6.07, 6.45) is 3.75. The van der Waals surface area contributed by atoms with E-state index in [9.17, 15) is 4.39 Å². The third-order valence-corrected chi connectivity index (χ3v) is 2.48. The fraction of sp³-hybridized carbons (Fsp3) is 0.583. The molecule has 0 bridgehead atoms. The Kier molecular flexibility index (Phi) is 2.41. The quantitative estimate of drug-likeness (QED) is 0.698. The smallest absolute Gasteiger partial charge is 0.255 e. The van der Waals surface area contributed by atoms with Gasteiger partial charge in [-0.25, -0.2) is 4.98 Å². The molecule has 0 amide bonds. The maximum absolute atomic E-state index is 13.5. The van der Waals surface area contributed by atoms with Crippen molar-refractivity contribution in [2.24, 2.45) is 0 Å². The van der Waals surface area contributed by atoms with Gasteiger partial charge in [0.15, 0.2) is 5.75 Å². The number of aromatic nitrogens is 1. The van der Waals surface area contributed by atoms with Crippen LogP contribution in [0.25, 0.3) is 0 Å². The lowest BCUT2D eigenvalue weighted by molar-refractivity contribution is 0.274. The molecule has 0 aliphatic heterocycles. The number of pyridine rings is 1. The second-order valence-corrected chi connectivity index (χ2v) is 5.05. The molecule has 2 rings (SSSR count). The van der Waals surface area contributed by atoms with Crippen molar-refractivity contribution in [1.82, 2.24) is 4.98 Å². The fourth-order valence-electron chi connectivity index (χ4n) is 1.48. The third-order valence-electron chi connectivity index (χ3n) is 2.48. The van der Waals surface area contributed by atoms with Crippen LogP contribution < -0.4 is 4.74 Å². The number of nitrogens with zero attached hydrogens (tertiary/aromatic N) is 1. The highest BCUT2D eigenvalue weighted by Crippen LogP contribution is 2.36. The minimum absolute atomic E-state index is 0.117. The van der Waals surface area contributed by atoms with Gasteiger partial charge in [-0.3, -0.25) is 0 Å². The van der Waals surface area contributed by atoms with Crippen molar-refractivity contribution < 1.29 is 9.13 Å². The lowest BCUT2D eigenvalue weighted by Crippen LogP contribution is -2.15. The van der Waals surface area contributed by atoms with Crippen LogP contribution in [0.4, 0.5) is 4.39 Å². The van der Waals surface area contributed by atoms with Crippen LogP contribution in [0.5, 0.6) is 5.75 Å². The summed E-state index contributed by atoms with van der Waals surface area (Å²) in [5, 5.41) is 0. The minimum Gasteiger partial charge on any atom is -0.485 e. The van der Waals surface area contributed by atoms with Gasteiger partial charge in [0.25, 0.3) is 5.95 Å². The highest BCUT2D eigenvalue weighted by molar-refractivity contribution is 5.37. The lowest BCUT2D eigenvalue weighted by Gasteiger charge is -2.22. The Morgan fingerprint density at radius 1 is 1.40 bits per heavy atom. The van der Waals surface area contributed by atoms with Crippen LogP contribution in [0.2, 0.25) is 0 Å². The van der Waals surface area contributed by atoms with Crippen LogP contribution in [0, 0.1) is 5.95 Å². The monoisotopic (exact) mass is 209 g/mol. The summed E-state index contributed by atoms with van der Waals surface area (Å²) in [5.41, 5.74) is 0.774. The minimum atomic E-state index is -0.491. The number of ether oxygens (including phenoxy) is 1. The number of rotatable bonds is 2. The van der Waals surface area contributed by atoms with E-state index in [4.69, 9.17) is 4.74 Å². The second kappa shape index (κ2) is 3.47. The van der Waals surface area contributed by atoms with E-state index in [1.807, 2.05) is 26.8 Å². The topological polar surface area (TPSA) is 22.1 Å². The molecule has 0 unspecified atom stereocenters. The molecule has 1 fully saturated rings. The molecule has 1 aromatic rings. The molecule has 0 spiro atoms. The van der Waals surface area contributed by atoms with E-state index >= 15 is 0 Å². The first-order valence-corrected chi connectivity index (χ1v) is 5.30. The first-order valence-electron chi connectivity index (χ1n) is 5.30. The summed E-state index contributed by atoms with van der Waals surface area (Å²) in [6, 6.07) is 1.83. The Bertz CT molecular complexity index is 366. The van der Waals surface area contributed by atoms with E-state index < -0.39 is 5.95 Å². The van der Waals surface area contributed by atoms with E-state index in [-0.39, 0.29) is 11.5 Å². The summed E-state index contributed by atoms with van der Waals surface area (Å²) < 4.78 is 19.1. The molecule has 0 radical (unpaired) electrons. The van der Waals surface area contributed by atoms with E-state index in [0.717, 1.165) is 18.4 Å². The van der Waals surface area contributed by atoms with Gasteiger partial charge in [-0.2, -0.15) is 4.39 Å². The zero-order valence-electron chi connectivity index (χ0n) is 9.38. The molecular formula is C12H16FNO. The van der Waals surface area contributed by atoms with Gasteiger partial charge in [-0.15, -0.1) is 0 Å². The van der Waals surface area contributed by atoms with Gasteiger partial charge in [0.2, 0.25) is 0 Å². The van der Waals surface area contributed by atoms with Crippen molar-refractivity contribution in [3.05, 3.63) is 23.8 Å². The van der Waals surface area contributed by atoms with Crippen molar-refractivity contribution in [3.63, 3.8) is 0 Å². The molecule has 1 aliphatic rings. The zero-order chi connectivity index (χ0) is 11.1. The number of hydrogen-bond acceptors (Lipinski definition) is 2. The van der Waals surface area contributed by atoms with Crippen LogP contribution in [0.3, 0.4) is 0 Å². The van der Waals surface area contributed by atoms with E-state index in [1.165, 1.54) is 6.20 Å². The molecular weight excluding hydrogens is 193 g/mol. The zero-order valence-corrected chi connectivity index (χ0v) is 9.38. The van der Waals surface area contributed by atoms with E-state index in [0.29, 0.717) is 5.75 Å². The molecule has 0 N–H and O–H groups in total. The van der Waals surface area contributed by atoms with Crippen molar-refractivity contribution in [1.29, 1.82) is 0 Å². The maximum Gasteiger partial charge on any atom is 0.255 e. The summed E-state index contributed by atoms with van der Waals surface area (Å²) in [6.45, 7) is 6.13. The molecule has 15 heavy (non-hydrogen) atoms. The maximum atomic E-state index is 13.5. The Labute approximate surface area is 89.5 Å². The average molecular weight is 209 g/mol. The molecule has 0 saturated heterocycles. The molecule has 1 aromatic heterocycles. The summed E-state index contributed by atoms with van der Waals surface area (Å²) in [7, 11) is 0. The third kappa shape index (κ3) is 2.28. The highest BCUT2D eigenvalue weighted by Gasteiger charge is 2.29. The van der Waals surface area contributed by atoms with Gasteiger partial charge in [-0.1, -0.05) is 20.8 Å². The Morgan fingerprint density at radius 2 is 2.07 bits per heavy atom. The Hall–Kier alpha value is -1.12. The van der Waals surface area contributed by atoms with Gasteiger partial charge in [-0.05, 0) is 24.3 Å². The second-order valence-electron chi connectivity index (χ2n) is 5.05. The Balaban J connectivity index is 2.38. The normalized spacial score (nSPS) is 16.5. The van der Waals surface area contributed by atoms with Crippen LogP contribution in [0.1, 0.15) is 39.2 Å². The standard InChI is InChI=1S/C12H16FNO/c1-12(2,3)9-6-7-14-11(13)10(9)15-8-4-5-8/h6-8H,4-5H2,1-3H3. The largest absolute Gasteiger partial charge is 0.485 e. The van der Waals surface area contributed by atoms with Gasteiger partial charge in [0, 0.05) is 11.8 Å². The number of hydrogen-bond donors (Lipinski definition) is 0. The molecule has 2 nitrogen and oxygen atoms in total. The first kappa shape index (κ1) is 10.4. The van der Waals surface area contributed by atoms with E-state index in [2.05, 4.69) is 4.98 Å². The average Bonchev–Trinajstić information content (AvgIpc) is 2.90. The van der Waals surface area contributed by atoms with Crippen LogP contribution in [-0.2, 0) is 5.41 Å². The van der Waals surface area contributed by atoms with Gasteiger partial charge in [0.1, 0.15) is 0 Å². The molecule has 1 aliphatic carbocycles. The molecule has 1 saturated carbocycles. The molecule has 82 valence electrons. The fourth-order valence-corrected chi connectivity index (χ4v) is 1.48. The van der Waals surface area contributed by atoms with Gasteiger partial charge < -0.3 is 4.74 Å². The van der Waals surface area contributed by atoms with Gasteiger partial charge in [0.05, 0.1) is 6.10 Å². The summed E-state index contributed by atoms with van der Waals surface area (Å²) in [4.78, 5) is 3.64. The number of halogens is 1. The first-order chi connectivity index (χ1) is 6.98. The summed E-state index contributed by atoms with van der Waals surface area (Å²) in [5.74, 6) is -0.151. The van der Waals surface area contributed by atoms with Crippen LogP contribution >= 0.6 is 0 Å². The predicted octanol–water partition coefficient (Wildman–Crippen LogP) is 3.06. The molecule has 1 heterocycles.